The lowest BCUT2D eigenvalue weighted by atomic mass is 9.95. The number of allylic oxidation sites excluding steroid dienone is 4. The Morgan fingerprint density at radius 1 is 1.19 bits per heavy atom. The zero-order valence-electron chi connectivity index (χ0n) is 14.7. The number of hydrogen-bond donors (Lipinski definition) is 1. The van der Waals surface area contributed by atoms with E-state index in [1.54, 1.807) is 6.08 Å². The normalized spacial score (nSPS) is 15.7. The molecule has 0 saturated heterocycles. The smallest absolute Gasteiger partial charge is 0.120 e. The number of hydrogen-bond acceptors (Lipinski definition) is 2. The first kappa shape index (κ1) is 18.6. The van der Waals surface area contributed by atoms with Crippen molar-refractivity contribution in [2.75, 3.05) is 6.54 Å². The van der Waals surface area contributed by atoms with Crippen LogP contribution < -0.4 is 10.1 Å². The van der Waals surface area contributed by atoms with Gasteiger partial charge in [0, 0.05) is 27.9 Å². The average Bonchev–Trinajstić information content (AvgIpc) is 2.65. The number of fused-ring (bicyclic) bond motifs is 1. The molecule has 1 aliphatic rings. The van der Waals surface area contributed by atoms with Crippen LogP contribution in [-0.4, -0.2) is 6.54 Å². The highest BCUT2D eigenvalue weighted by Crippen LogP contribution is 2.32. The van der Waals surface area contributed by atoms with Crippen molar-refractivity contribution in [1.29, 1.82) is 0 Å². The molecule has 4 heteroatoms. The summed E-state index contributed by atoms with van der Waals surface area (Å²) in [6, 6.07) is 16.4. The Morgan fingerprint density at radius 2 is 1.96 bits per heavy atom. The van der Waals surface area contributed by atoms with Crippen LogP contribution in [0.4, 0.5) is 0 Å². The molecule has 0 fully saturated rings. The van der Waals surface area contributed by atoms with Crippen LogP contribution in [-0.2, 0) is 13.0 Å². The first-order chi connectivity index (χ1) is 12.5. The van der Waals surface area contributed by atoms with Crippen LogP contribution in [0.15, 0.2) is 76.8 Å². The number of nitrogens with one attached hydrogen (secondary N) is 1. The van der Waals surface area contributed by atoms with Gasteiger partial charge in [-0.05, 0) is 54.3 Å². The monoisotopic (exact) mass is 385 g/mol. The van der Waals surface area contributed by atoms with E-state index < -0.39 is 0 Å². The quantitative estimate of drug-likeness (QED) is 0.635. The minimum absolute atomic E-state index is 0.413. The Kier molecular flexibility index (Phi) is 6.08. The molecule has 2 nitrogen and oxygen atoms in total. The summed E-state index contributed by atoms with van der Waals surface area (Å²) >= 11 is 12.2. The predicted octanol–water partition coefficient (Wildman–Crippen LogP) is 6.02. The molecule has 0 aromatic heterocycles. The van der Waals surface area contributed by atoms with Crippen LogP contribution in [0.2, 0.25) is 0 Å². The molecule has 0 amide bonds. The fraction of sp³-hybridized carbons (Fsp3) is 0.182. The highest BCUT2D eigenvalue weighted by atomic mass is 35.5. The van der Waals surface area contributed by atoms with Crippen molar-refractivity contribution in [3.8, 4) is 5.75 Å². The van der Waals surface area contributed by atoms with Crippen LogP contribution in [0.1, 0.15) is 23.6 Å². The maximum Gasteiger partial charge on any atom is 0.120 e. The number of benzene rings is 2. The van der Waals surface area contributed by atoms with Gasteiger partial charge in [-0.1, -0.05) is 60.1 Å². The molecule has 26 heavy (non-hydrogen) atoms. The van der Waals surface area contributed by atoms with Gasteiger partial charge < -0.3 is 10.1 Å². The Morgan fingerprint density at radius 3 is 2.69 bits per heavy atom. The average molecular weight is 386 g/mol. The van der Waals surface area contributed by atoms with E-state index in [2.05, 4.69) is 36.2 Å². The van der Waals surface area contributed by atoms with Crippen molar-refractivity contribution in [2.45, 2.75) is 20.0 Å². The first-order valence-electron chi connectivity index (χ1n) is 8.51. The molecule has 3 rings (SSSR count). The van der Waals surface area contributed by atoms with Gasteiger partial charge >= 0.3 is 0 Å². The topological polar surface area (TPSA) is 21.3 Å². The van der Waals surface area contributed by atoms with Crippen LogP contribution in [0.25, 0.3) is 5.70 Å². The van der Waals surface area contributed by atoms with E-state index in [1.165, 1.54) is 5.56 Å². The summed E-state index contributed by atoms with van der Waals surface area (Å²) < 4.78 is 5.95. The van der Waals surface area contributed by atoms with Gasteiger partial charge in [0.2, 0.25) is 0 Å². The lowest BCUT2D eigenvalue weighted by molar-refractivity contribution is 0.306. The van der Waals surface area contributed by atoms with Gasteiger partial charge in [-0.25, -0.2) is 0 Å². The summed E-state index contributed by atoms with van der Waals surface area (Å²) in [5, 5.41) is 4.45. The predicted molar refractivity (Wildman–Crippen MR) is 110 cm³/mol. The molecule has 1 aliphatic heterocycles. The van der Waals surface area contributed by atoms with Crippen molar-refractivity contribution in [3.05, 3.63) is 93.5 Å². The molecule has 2 aromatic carbocycles. The van der Waals surface area contributed by atoms with Gasteiger partial charge in [0.05, 0.1) is 0 Å². The van der Waals surface area contributed by atoms with E-state index in [1.807, 2.05) is 31.2 Å². The second-order valence-electron chi connectivity index (χ2n) is 6.21. The molecule has 134 valence electrons. The SMILES string of the molecule is C=C(Cl)/C=C(Cl)\C(C)=C1/NCCc2cc(OCc3ccccc3)ccc21. The summed E-state index contributed by atoms with van der Waals surface area (Å²) in [5.74, 6) is 0.877. The standard InChI is InChI=1S/C22H21Cl2NO/c1-15(23)12-21(24)16(2)22-20-9-8-19(13-18(20)10-11-25-22)26-14-17-6-4-3-5-7-17/h3-9,12-13,25H,1,10-11,14H2,2H3/b21-12+,22-16-. The third-order valence-electron chi connectivity index (χ3n) is 4.31. The van der Waals surface area contributed by atoms with Gasteiger partial charge in [-0.2, -0.15) is 0 Å². The maximum atomic E-state index is 6.37. The van der Waals surface area contributed by atoms with Crippen molar-refractivity contribution >= 4 is 28.9 Å². The highest BCUT2D eigenvalue weighted by Gasteiger charge is 2.17. The Hall–Kier alpha value is -2.16. The molecule has 2 aromatic rings. The second-order valence-corrected chi connectivity index (χ2v) is 7.10. The number of ether oxygens (including phenoxy) is 1. The van der Waals surface area contributed by atoms with Gasteiger partial charge in [-0.3, -0.25) is 0 Å². The van der Waals surface area contributed by atoms with E-state index in [-0.39, 0.29) is 0 Å². The maximum absolute atomic E-state index is 6.37. The van der Waals surface area contributed by atoms with E-state index in [0.29, 0.717) is 16.7 Å². The van der Waals surface area contributed by atoms with Crippen LogP contribution in [0.3, 0.4) is 0 Å². The third kappa shape index (κ3) is 4.51. The summed E-state index contributed by atoms with van der Waals surface area (Å²) in [7, 11) is 0. The molecule has 0 radical (unpaired) electrons. The zero-order chi connectivity index (χ0) is 18.5. The Balaban J connectivity index is 1.84. The van der Waals surface area contributed by atoms with Gasteiger partial charge in [0.15, 0.2) is 0 Å². The molecule has 0 spiro atoms. The molecule has 0 bridgehead atoms. The van der Waals surface area contributed by atoms with Crippen LogP contribution in [0, 0.1) is 0 Å². The van der Waals surface area contributed by atoms with Crippen molar-refractivity contribution in [2.24, 2.45) is 0 Å². The lowest BCUT2D eigenvalue weighted by Gasteiger charge is -2.24. The Labute approximate surface area is 164 Å². The van der Waals surface area contributed by atoms with E-state index in [0.717, 1.165) is 41.1 Å². The number of rotatable bonds is 5. The Bertz CT molecular complexity index is 869. The fourth-order valence-electron chi connectivity index (χ4n) is 2.97. The highest BCUT2D eigenvalue weighted by molar-refractivity contribution is 6.36. The molecular formula is C22H21Cl2NO. The molecule has 0 aliphatic carbocycles. The van der Waals surface area contributed by atoms with Crippen LogP contribution >= 0.6 is 23.2 Å². The molecule has 1 N–H and O–H groups in total. The molecule has 1 heterocycles. The second kappa shape index (κ2) is 8.48. The molecule has 0 unspecified atom stereocenters. The van der Waals surface area contributed by atoms with E-state index >= 15 is 0 Å². The number of halogens is 2. The minimum atomic E-state index is 0.413. The van der Waals surface area contributed by atoms with E-state index in [4.69, 9.17) is 27.9 Å². The molecule has 0 atom stereocenters. The summed E-state index contributed by atoms with van der Waals surface area (Å²) in [4.78, 5) is 0. The van der Waals surface area contributed by atoms with Gasteiger partial charge in [0.25, 0.3) is 0 Å². The van der Waals surface area contributed by atoms with Crippen molar-refractivity contribution < 1.29 is 4.74 Å². The summed E-state index contributed by atoms with van der Waals surface area (Å²) in [6.45, 7) is 7.07. The van der Waals surface area contributed by atoms with E-state index in [9.17, 15) is 0 Å². The summed E-state index contributed by atoms with van der Waals surface area (Å²) in [5.41, 5.74) is 5.53. The largest absolute Gasteiger partial charge is 0.489 e. The molecular weight excluding hydrogens is 365 g/mol. The van der Waals surface area contributed by atoms with Gasteiger partial charge in [-0.15, -0.1) is 0 Å². The third-order valence-corrected chi connectivity index (χ3v) is 4.81. The summed E-state index contributed by atoms with van der Waals surface area (Å²) in [6.07, 6.45) is 2.61. The first-order valence-corrected chi connectivity index (χ1v) is 9.27. The van der Waals surface area contributed by atoms with Crippen LogP contribution in [0.5, 0.6) is 5.75 Å². The fourth-order valence-corrected chi connectivity index (χ4v) is 3.36. The van der Waals surface area contributed by atoms with Crippen molar-refractivity contribution in [3.63, 3.8) is 0 Å². The van der Waals surface area contributed by atoms with Gasteiger partial charge in [0.1, 0.15) is 12.4 Å². The zero-order valence-corrected chi connectivity index (χ0v) is 16.2. The lowest BCUT2D eigenvalue weighted by Crippen LogP contribution is -2.24. The minimum Gasteiger partial charge on any atom is -0.489 e. The molecule has 0 saturated carbocycles. The van der Waals surface area contributed by atoms with Crippen molar-refractivity contribution in [1.82, 2.24) is 5.32 Å².